The molecule has 0 aliphatic carbocycles. The molecular formula is C12H24N4. The average Bonchev–Trinajstić information content (AvgIpc) is 2.45. The highest BCUT2D eigenvalue weighted by Crippen LogP contribution is 2.21. The summed E-state index contributed by atoms with van der Waals surface area (Å²) in [5.74, 6) is 0.649. The van der Waals surface area contributed by atoms with Crippen LogP contribution in [0.1, 0.15) is 31.1 Å². The Morgan fingerprint density at radius 3 is 2.50 bits per heavy atom. The summed E-state index contributed by atoms with van der Waals surface area (Å²) in [7, 11) is 4.08. The van der Waals surface area contributed by atoms with Crippen molar-refractivity contribution >= 4 is 0 Å². The van der Waals surface area contributed by atoms with Gasteiger partial charge in [0.1, 0.15) is 0 Å². The first-order chi connectivity index (χ1) is 7.45. The summed E-state index contributed by atoms with van der Waals surface area (Å²) in [6, 6.07) is 0.274. The Bertz CT molecular complexity index is 330. The molecule has 0 aliphatic rings. The third kappa shape index (κ3) is 3.06. The van der Waals surface area contributed by atoms with Crippen LogP contribution in [0, 0.1) is 12.8 Å². The molecule has 0 spiro atoms. The fourth-order valence-corrected chi connectivity index (χ4v) is 2.19. The third-order valence-corrected chi connectivity index (χ3v) is 2.82. The fourth-order valence-electron chi connectivity index (χ4n) is 2.19. The molecule has 1 unspecified atom stereocenters. The van der Waals surface area contributed by atoms with Crippen molar-refractivity contribution < 1.29 is 0 Å². The zero-order valence-electron chi connectivity index (χ0n) is 11.1. The highest BCUT2D eigenvalue weighted by Gasteiger charge is 2.19. The first-order valence-electron chi connectivity index (χ1n) is 5.86. The molecule has 16 heavy (non-hydrogen) atoms. The molecule has 0 amide bonds. The quantitative estimate of drug-likeness (QED) is 0.820. The molecule has 0 saturated heterocycles. The lowest BCUT2D eigenvalue weighted by atomic mass is 10.1. The zero-order valence-corrected chi connectivity index (χ0v) is 11.1. The largest absolute Gasteiger partial charge is 0.329 e. The number of hydrogen-bond donors (Lipinski definition) is 1. The van der Waals surface area contributed by atoms with E-state index in [4.69, 9.17) is 5.73 Å². The van der Waals surface area contributed by atoms with Crippen molar-refractivity contribution in [2.75, 3.05) is 20.1 Å². The van der Waals surface area contributed by atoms with Crippen LogP contribution in [0.3, 0.4) is 0 Å². The van der Waals surface area contributed by atoms with Gasteiger partial charge in [-0.2, -0.15) is 5.10 Å². The van der Waals surface area contributed by atoms with Crippen molar-refractivity contribution in [3.05, 3.63) is 17.5 Å². The third-order valence-electron chi connectivity index (χ3n) is 2.82. The molecule has 0 fully saturated rings. The number of hydrogen-bond acceptors (Lipinski definition) is 3. The van der Waals surface area contributed by atoms with Crippen LogP contribution in [-0.2, 0) is 7.05 Å². The van der Waals surface area contributed by atoms with Crippen LogP contribution in [0.5, 0.6) is 0 Å². The van der Waals surface area contributed by atoms with Gasteiger partial charge < -0.3 is 5.73 Å². The van der Waals surface area contributed by atoms with E-state index in [1.807, 2.05) is 18.7 Å². The summed E-state index contributed by atoms with van der Waals surface area (Å²) in [5, 5.41) is 4.38. The van der Waals surface area contributed by atoms with Crippen LogP contribution in [0.2, 0.25) is 0 Å². The summed E-state index contributed by atoms with van der Waals surface area (Å²) in [6.07, 6.45) is 2.07. The van der Waals surface area contributed by atoms with Gasteiger partial charge in [0.2, 0.25) is 0 Å². The molecule has 1 atom stereocenters. The monoisotopic (exact) mass is 224 g/mol. The second-order valence-electron chi connectivity index (χ2n) is 4.93. The Balaban J connectivity index is 2.85. The van der Waals surface area contributed by atoms with Crippen molar-refractivity contribution in [1.82, 2.24) is 14.7 Å². The van der Waals surface area contributed by atoms with Crippen LogP contribution in [0.15, 0.2) is 6.20 Å². The Kier molecular flexibility index (Phi) is 4.50. The first kappa shape index (κ1) is 13.2. The molecule has 0 bridgehead atoms. The molecule has 0 aliphatic heterocycles. The van der Waals surface area contributed by atoms with Crippen LogP contribution < -0.4 is 5.73 Å². The minimum atomic E-state index is 0.274. The van der Waals surface area contributed by atoms with E-state index in [1.165, 1.54) is 5.56 Å². The number of aryl methyl sites for hydroxylation is 2. The Labute approximate surface area is 98.4 Å². The second kappa shape index (κ2) is 5.46. The molecule has 1 heterocycles. The van der Waals surface area contributed by atoms with E-state index >= 15 is 0 Å². The summed E-state index contributed by atoms with van der Waals surface area (Å²) in [5.41, 5.74) is 8.20. The summed E-state index contributed by atoms with van der Waals surface area (Å²) in [6.45, 7) is 8.17. The van der Waals surface area contributed by atoms with Gasteiger partial charge in [0.05, 0.1) is 11.7 Å². The van der Waals surface area contributed by atoms with Crippen molar-refractivity contribution in [3.8, 4) is 0 Å². The molecule has 0 saturated carbocycles. The van der Waals surface area contributed by atoms with Gasteiger partial charge in [-0.15, -0.1) is 0 Å². The van der Waals surface area contributed by atoms with Crippen LogP contribution >= 0.6 is 0 Å². The van der Waals surface area contributed by atoms with Gasteiger partial charge in [0.15, 0.2) is 0 Å². The number of nitrogens with zero attached hydrogens (tertiary/aromatic N) is 3. The van der Waals surface area contributed by atoms with Gasteiger partial charge in [-0.1, -0.05) is 13.8 Å². The van der Waals surface area contributed by atoms with Crippen LogP contribution in [-0.4, -0.2) is 34.8 Å². The molecule has 1 aromatic heterocycles. The molecule has 0 radical (unpaired) electrons. The average molecular weight is 224 g/mol. The lowest BCUT2D eigenvalue weighted by molar-refractivity contribution is 0.223. The summed E-state index contributed by atoms with van der Waals surface area (Å²) < 4.78 is 1.86. The molecule has 4 heteroatoms. The maximum Gasteiger partial charge on any atom is 0.0641 e. The Morgan fingerprint density at radius 2 is 2.12 bits per heavy atom. The van der Waals surface area contributed by atoms with Crippen LogP contribution in [0.25, 0.3) is 0 Å². The lowest BCUT2D eigenvalue weighted by Gasteiger charge is -2.28. The van der Waals surface area contributed by atoms with E-state index < -0.39 is 0 Å². The van der Waals surface area contributed by atoms with Crippen molar-refractivity contribution in [3.63, 3.8) is 0 Å². The number of nitrogens with two attached hydrogens (primary N) is 1. The standard InChI is InChI=1S/C12H24N4/c1-9(2)7-15(4)12(6-13)11-8-16(5)14-10(11)3/h8-9,12H,6-7,13H2,1-5H3. The van der Waals surface area contributed by atoms with Crippen molar-refractivity contribution in [1.29, 1.82) is 0 Å². The van der Waals surface area contributed by atoms with Gasteiger partial charge >= 0.3 is 0 Å². The Morgan fingerprint density at radius 1 is 1.50 bits per heavy atom. The van der Waals surface area contributed by atoms with Gasteiger partial charge in [0, 0.05) is 31.9 Å². The van der Waals surface area contributed by atoms with Crippen LogP contribution in [0.4, 0.5) is 0 Å². The first-order valence-corrected chi connectivity index (χ1v) is 5.86. The number of likely N-dealkylation sites (N-methyl/N-ethyl adjacent to an activating group) is 1. The van der Waals surface area contributed by atoms with E-state index in [2.05, 4.69) is 37.1 Å². The molecular weight excluding hydrogens is 200 g/mol. The molecule has 1 aromatic rings. The predicted molar refractivity (Wildman–Crippen MR) is 67.2 cm³/mol. The SMILES string of the molecule is Cc1nn(C)cc1C(CN)N(C)CC(C)C. The minimum Gasteiger partial charge on any atom is -0.329 e. The molecule has 1 rings (SSSR count). The van der Waals surface area contributed by atoms with Gasteiger partial charge in [-0.25, -0.2) is 0 Å². The highest BCUT2D eigenvalue weighted by atomic mass is 15.3. The predicted octanol–water partition coefficient (Wildman–Crippen LogP) is 1.32. The smallest absolute Gasteiger partial charge is 0.0641 e. The summed E-state index contributed by atoms with van der Waals surface area (Å²) in [4.78, 5) is 2.31. The zero-order chi connectivity index (χ0) is 12.3. The minimum absolute atomic E-state index is 0.274. The van der Waals surface area contributed by atoms with Crippen molar-refractivity contribution in [2.24, 2.45) is 18.7 Å². The van der Waals surface area contributed by atoms with E-state index in [9.17, 15) is 0 Å². The topological polar surface area (TPSA) is 47.1 Å². The Hall–Kier alpha value is -0.870. The maximum absolute atomic E-state index is 5.88. The number of rotatable bonds is 5. The summed E-state index contributed by atoms with van der Waals surface area (Å²) >= 11 is 0. The fraction of sp³-hybridized carbons (Fsp3) is 0.750. The number of aromatic nitrogens is 2. The van der Waals surface area contributed by atoms with Gasteiger partial charge in [-0.3, -0.25) is 9.58 Å². The second-order valence-corrected chi connectivity index (χ2v) is 4.93. The van der Waals surface area contributed by atoms with Crippen molar-refractivity contribution in [2.45, 2.75) is 26.8 Å². The molecule has 0 aromatic carbocycles. The van der Waals surface area contributed by atoms with E-state index in [1.54, 1.807) is 0 Å². The maximum atomic E-state index is 5.88. The van der Waals surface area contributed by atoms with Gasteiger partial charge in [0.25, 0.3) is 0 Å². The van der Waals surface area contributed by atoms with Gasteiger partial charge in [-0.05, 0) is 19.9 Å². The normalized spacial score (nSPS) is 13.8. The lowest BCUT2D eigenvalue weighted by Crippen LogP contribution is -2.33. The van der Waals surface area contributed by atoms with E-state index in [-0.39, 0.29) is 6.04 Å². The highest BCUT2D eigenvalue weighted by molar-refractivity contribution is 5.20. The molecule has 92 valence electrons. The van der Waals surface area contributed by atoms with E-state index in [0.29, 0.717) is 12.5 Å². The van der Waals surface area contributed by atoms with E-state index in [0.717, 1.165) is 12.2 Å². The molecule has 2 N–H and O–H groups in total. The molecule has 4 nitrogen and oxygen atoms in total.